The van der Waals surface area contributed by atoms with Crippen molar-refractivity contribution in [1.82, 2.24) is 4.57 Å². The first-order valence-corrected chi connectivity index (χ1v) is 7.47. The molecule has 112 valence electrons. The van der Waals surface area contributed by atoms with E-state index in [4.69, 9.17) is 27.9 Å². The van der Waals surface area contributed by atoms with E-state index in [1.54, 1.807) is 18.2 Å². The van der Waals surface area contributed by atoms with Gasteiger partial charge in [0.2, 0.25) is 5.78 Å². The summed E-state index contributed by atoms with van der Waals surface area (Å²) in [7, 11) is 1.91. The Morgan fingerprint density at radius 2 is 1.91 bits per heavy atom. The summed E-state index contributed by atoms with van der Waals surface area (Å²) in [6.07, 6.45) is 1.82. The minimum atomic E-state index is -0.104. The fraction of sp³-hybridized carbons (Fsp3) is 0.118. The number of aromatic nitrogens is 1. The van der Waals surface area contributed by atoms with Crippen LogP contribution >= 0.6 is 23.2 Å². The van der Waals surface area contributed by atoms with Gasteiger partial charge >= 0.3 is 0 Å². The first kappa shape index (κ1) is 14.9. The molecule has 3 aromatic rings. The largest absolute Gasteiger partial charge is 0.484 e. The van der Waals surface area contributed by atoms with Gasteiger partial charge in [0.15, 0.2) is 6.61 Å². The number of carbonyl (C=O) groups is 1. The maximum Gasteiger partial charge on any atom is 0.202 e. The van der Waals surface area contributed by atoms with Gasteiger partial charge in [0.25, 0.3) is 0 Å². The third-order valence-electron chi connectivity index (χ3n) is 3.47. The molecule has 0 spiro atoms. The van der Waals surface area contributed by atoms with Crippen LogP contribution in [0.25, 0.3) is 10.9 Å². The highest BCUT2D eigenvalue weighted by Gasteiger charge is 2.15. The monoisotopic (exact) mass is 333 g/mol. The second-order valence-corrected chi connectivity index (χ2v) is 5.72. The summed E-state index contributed by atoms with van der Waals surface area (Å²) >= 11 is 12.0. The summed E-state index contributed by atoms with van der Waals surface area (Å²) in [5, 5.41) is 1.63. The van der Waals surface area contributed by atoms with Gasteiger partial charge in [0.1, 0.15) is 10.8 Å². The zero-order valence-corrected chi connectivity index (χ0v) is 13.4. The van der Waals surface area contributed by atoms with Gasteiger partial charge in [-0.1, -0.05) is 47.5 Å². The lowest BCUT2D eigenvalue weighted by atomic mass is 10.1. The van der Waals surface area contributed by atoms with Crippen LogP contribution in [0.5, 0.6) is 5.75 Å². The summed E-state index contributed by atoms with van der Waals surface area (Å²) in [4.78, 5) is 12.4. The molecule has 0 fully saturated rings. The third kappa shape index (κ3) is 2.70. The number of rotatable bonds is 4. The molecule has 0 atom stereocenters. The van der Waals surface area contributed by atoms with Crippen LogP contribution in [0.1, 0.15) is 10.4 Å². The van der Waals surface area contributed by atoms with Crippen LogP contribution in [0.15, 0.2) is 48.7 Å². The fourth-order valence-corrected chi connectivity index (χ4v) is 2.73. The summed E-state index contributed by atoms with van der Waals surface area (Å²) < 4.78 is 7.44. The number of hydrogen-bond donors (Lipinski definition) is 0. The quantitative estimate of drug-likeness (QED) is 0.645. The van der Waals surface area contributed by atoms with E-state index >= 15 is 0 Å². The molecule has 3 nitrogen and oxygen atoms in total. The smallest absolute Gasteiger partial charge is 0.202 e. The van der Waals surface area contributed by atoms with E-state index in [0.717, 1.165) is 10.9 Å². The maximum absolute atomic E-state index is 12.4. The molecule has 0 saturated carbocycles. The normalized spacial score (nSPS) is 10.9. The van der Waals surface area contributed by atoms with Crippen LogP contribution in [0.4, 0.5) is 0 Å². The van der Waals surface area contributed by atoms with E-state index in [-0.39, 0.29) is 12.4 Å². The van der Waals surface area contributed by atoms with Crippen LogP contribution in [-0.2, 0) is 7.05 Å². The molecule has 0 aliphatic heterocycles. The van der Waals surface area contributed by atoms with E-state index < -0.39 is 0 Å². The van der Waals surface area contributed by atoms with Crippen molar-refractivity contribution in [2.75, 3.05) is 6.61 Å². The molecule has 5 heteroatoms. The number of hydrogen-bond acceptors (Lipinski definition) is 2. The van der Waals surface area contributed by atoms with E-state index in [0.29, 0.717) is 21.4 Å². The van der Waals surface area contributed by atoms with Gasteiger partial charge in [-0.15, -0.1) is 0 Å². The van der Waals surface area contributed by atoms with Crippen LogP contribution in [0.3, 0.4) is 0 Å². The van der Waals surface area contributed by atoms with Crippen LogP contribution in [-0.4, -0.2) is 17.0 Å². The number of para-hydroxylation sites is 1. The molecule has 0 amide bonds. The molecule has 22 heavy (non-hydrogen) atoms. The topological polar surface area (TPSA) is 31.2 Å². The Labute approximate surface area is 138 Å². The Morgan fingerprint density at radius 1 is 1.14 bits per heavy atom. The van der Waals surface area contributed by atoms with Gasteiger partial charge in [-0.3, -0.25) is 4.79 Å². The van der Waals surface area contributed by atoms with Crippen molar-refractivity contribution in [1.29, 1.82) is 0 Å². The lowest BCUT2D eigenvalue weighted by Gasteiger charge is -2.07. The molecule has 0 saturated heterocycles. The standard InChI is InChI=1S/C17H13Cl2NO2/c1-20-9-12(11-5-2-3-7-14(11)20)15(21)10-22-16-8-4-6-13(18)17(16)19/h2-9H,10H2,1H3. The number of benzene rings is 2. The van der Waals surface area contributed by atoms with Gasteiger partial charge < -0.3 is 9.30 Å². The zero-order valence-electron chi connectivity index (χ0n) is 11.8. The molecule has 0 radical (unpaired) electrons. The van der Waals surface area contributed by atoms with Crippen LogP contribution < -0.4 is 4.74 Å². The minimum absolute atomic E-state index is 0.0892. The number of ether oxygens (including phenoxy) is 1. The molecule has 1 aromatic heterocycles. The van der Waals surface area contributed by atoms with Gasteiger partial charge in [0.05, 0.1) is 5.02 Å². The van der Waals surface area contributed by atoms with Crippen molar-refractivity contribution >= 4 is 39.9 Å². The number of aryl methyl sites for hydroxylation is 1. The predicted molar refractivity (Wildman–Crippen MR) is 89.2 cm³/mol. The minimum Gasteiger partial charge on any atom is -0.484 e. The van der Waals surface area contributed by atoms with Crippen molar-refractivity contribution < 1.29 is 9.53 Å². The number of Topliss-reactive ketones (excluding diaryl/α,β-unsaturated/α-hetero) is 1. The first-order valence-electron chi connectivity index (χ1n) is 6.72. The van der Waals surface area contributed by atoms with Crippen molar-refractivity contribution in [2.45, 2.75) is 0 Å². The van der Waals surface area contributed by atoms with Crippen molar-refractivity contribution in [3.63, 3.8) is 0 Å². The second kappa shape index (κ2) is 6.03. The average molecular weight is 334 g/mol. The Hall–Kier alpha value is -1.97. The molecule has 3 rings (SSSR count). The summed E-state index contributed by atoms with van der Waals surface area (Å²) in [6, 6.07) is 12.8. The molecule has 0 aliphatic carbocycles. The lowest BCUT2D eigenvalue weighted by molar-refractivity contribution is 0.0923. The second-order valence-electron chi connectivity index (χ2n) is 4.93. The number of nitrogens with zero attached hydrogens (tertiary/aromatic N) is 1. The average Bonchev–Trinajstić information content (AvgIpc) is 2.86. The fourth-order valence-electron chi connectivity index (χ4n) is 2.38. The number of fused-ring (bicyclic) bond motifs is 1. The molecule has 0 bridgehead atoms. The van der Waals surface area contributed by atoms with Crippen molar-refractivity contribution in [2.24, 2.45) is 7.05 Å². The zero-order chi connectivity index (χ0) is 15.7. The Morgan fingerprint density at radius 3 is 2.73 bits per heavy atom. The Kier molecular flexibility index (Phi) is 4.10. The number of carbonyl (C=O) groups excluding carboxylic acids is 1. The van der Waals surface area contributed by atoms with Gasteiger partial charge in [-0.05, 0) is 18.2 Å². The first-order chi connectivity index (χ1) is 10.6. The lowest BCUT2D eigenvalue weighted by Crippen LogP contribution is -2.11. The van der Waals surface area contributed by atoms with Gasteiger partial charge in [-0.25, -0.2) is 0 Å². The predicted octanol–water partition coefficient (Wildman–Crippen LogP) is 4.75. The van der Waals surface area contributed by atoms with E-state index in [9.17, 15) is 4.79 Å². The molecule has 0 unspecified atom stereocenters. The Bertz CT molecular complexity index is 855. The molecular formula is C17H13Cl2NO2. The number of ketones is 1. The summed E-state index contributed by atoms with van der Waals surface area (Å²) in [5.74, 6) is 0.301. The van der Waals surface area contributed by atoms with E-state index in [1.165, 1.54) is 0 Å². The molecule has 1 heterocycles. The van der Waals surface area contributed by atoms with E-state index in [1.807, 2.05) is 42.1 Å². The molecule has 0 N–H and O–H groups in total. The maximum atomic E-state index is 12.4. The molecular weight excluding hydrogens is 321 g/mol. The molecule has 2 aromatic carbocycles. The van der Waals surface area contributed by atoms with Crippen molar-refractivity contribution in [3.05, 3.63) is 64.3 Å². The summed E-state index contributed by atoms with van der Waals surface area (Å²) in [5.41, 5.74) is 1.64. The van der Waals surface area contributed by atoms with Gasteiger partial charge in [0, 0.05) is 29.7 Å². The number of halogens is 2. The molecule has 0 aliphatic rings. The van der Waals surface area contributed by atoms with Crippen molar-refractivity contribution in [3.8, 4) is 5.75 Å². The van der Waals surface area contributed by atoms with Gasteiger partial charge in [-0.2, -0.15) is 0 Å². The van der Waals surface area contributed by atoms with Crippen LogP contribution in [0.2, 0.25) is 10.0 Å². The highest BCUT2D eigenvalue weighted by molar-refractivity contribution is 6.42. The Balaban J connectivity index is 1.84. The highest BCUT2D eigenvalue weighted by Crippen LogP contribution is 2.31. The SMILES string of the molecule is Cn1cc(C(=O)COc2cccc(Cl)c2Cl)c2ccccc21. The highest BCUT2D eigenvalue weighted by atomic mass is 35.5. The summed E-state index contributed by atoms with van der Waals surface area (Å²) in [6.45, 7) is -0.0892. The van der Waals surface area contributed by atoms with E-state index in [2.05, 4.69) is 0 Å². The van der Waals surface area contributed by atoms with Crippen LogP contribution in [0, 0.1) is 0 Å². The third-order valence-corrected chi connectivity index (χ3v) is 4.27.